The molecule has 11 heavy (non-hydrogen) atoms. The first kappa shape index (κ1) is 7.53. The first-order valence-electron chi connectivity index (χ1n) is 4.28. The molecule has 0 aromatic carbocycles. The van der Waals surface area contributed by atoms with Gasteiger partial charge in [-0.3, -0.25) is 0 Å². The molecule has 2 bridgehead atoms. The Morgan fingerprint density at radius 3 is 3.09 bits per heavy atom. The molecule has 3 heteroatoms. The Balaban J connectivity index is 1.91. The largest absolute Gasteiger partial charge is 0.396 e. The van der Waals surface area contributed by atoms with Crippen LogP contribution in [-0.2, 0) is 9.47 Å². The van der Waals surface area contributed by atoms with E-state index in [9.17, 15) is 0 Å². The summed E-state index contributed by atoms with van der Waals surface area (Å²) in [7, 11) is 0. The summed E-state index contributed by atoms with van der Waals surface area (Å²) in [4.78, 5) is 0. The van der Waals surface area contributed by atoms with Gasteiger partial charge in [0.1, 0.15) is 0 Å². The second-order valence-corrected chi connectivity index (χ2v) is 3.26. The van der Waals surface area contributed by atoms with Crippen LogP contribution in [-0.4, -0.2) is 36.6 Å². The summed E-state index contributed by atoms with van der Waals surface area (Å²) in [5.74, 6) is 0. The smallest absolute Gasteiger partial charge is 0.0860 e. The summed E-state index contributed by atoms with van der Waals surface area (Å²) in [6.45, 7) is 0.927. The lowest BCUT2D eigenvalue weighted by molar-refractivity contribution is -0.150. The van der Waals surface area contributed by atoms with Gasteiger partial charge >= 0.3 is 0 Å². The number of aliphatic hydroxyl groups is 1. The number of aliphatic hydroxyl groups excluding tert-OH is 1. The summed E-state index contributed by atoms with van der Waals surface area (Å²) >= 11 is 0. The maximum Gasteiger partial charge on any atom is 0.0860 e. The minimum absolute atomic E-state index is 0.152. The van der Waals surface area contributed by atoms with Gasteiger partial charge in [0.2, 0.25) is 0 Å². The molecule has 2 aliphatic rings. The number of ether oxygens (including phenoxy) is 2. The lowest BCUT2D eigenvalue weighted by atomic mass is 10.1. The first-order valence-corrected chi connectivity index (χ1v) is 4.28. The van der Waals surface area contributed by atoms with Crippen molar-refractivity contribution in [3.63, 3.8) is 0 Å². The Kier molecular flexibility index (Phi) is 2.11. The second kappa shape index (κ2) is 3.09. The summed E-state index contributed by atoms with van der Waals surface area (Å²) < 4.78 is 11.1. The number of fused-ring (bicyclic) bond motifs is 2. The van der Waals surface area contributed by atoms with E-state index in [-0.39, 0.29) is 18.8 Å². The average molecular weight is 158 g/mol. The molecule has 2 saturated heterocycles. The van der Waals surface area contributed by atoms with Crippen LogP contribution in [0, 0.1) is 0 Å². The summed E-state index contributed by atoms with van der Waals surface area (Å²) in [5, 5.41) is 8.71. The van der Waals surface area contributed by atoms with Gasteiger partial charge < -0.3 is 14.6 Å². The Hall–Kier alpha value is -0.120. The molecule has 3 atom stereocenters. The molecule has 0 amide bonds. The fourth-order valence-corrected chi connectivity index (χ4v) is 1.86. The third-order valence-corrected chi connectivity index (χ3v) is 2.46. The van der Waals surface area contributed by atoms with Crippen LogP contribution < -0.4 is 0 Å². The van der Waals surface area contributed by atoms with Crippen LogP contribution in [0.15, 0.2) is 0 Å². The topological polar surface area (TPSA) is 38.7 Å². The van der Waals surface area contributed by atoms with Crippen LogP contribution in [0.1, 0.15) is 19.3 Å². The molecule has 0 radical (unpaired) electrons. The van der Waals surface area contributed by atoms with E-state index in [1.807, 2.05) is 0 Å². The zero-order valence-corrected chi connectivity index (χ0v) is 6.53. The van der Waals surface area contributed by atoms with E-state index in [1.165, 1.54) is 0 Å². The van der Waals surface area contributed by atoms with Crippen molar-refractivity contribution in [2.24, 2.45) is 0 Å². The Morgan fingerprint density at radius 2 is 2.27 bits per heavy atom. The molecule has 2 aliphatic heterocycles. The van der Waals surface area contributed by atoms with Gasteiger partial charge in [-0.1, -0.05) is 0 Å². The van der Waals surface area contributed by atoms with E-state index < -0.39 is 0 Å². The van der Waals surface area contributed by atoms with Crippen molar-refractivity contribution in [1.29, 1.82) is 0 Å². The summed E-state index contributed by atoms with van der Waals surface area (Å²) in [6.07, 6.45) is 3.72. The van der Waals surface area contributed by atoms with E-state index in [0.717, 1.165) is 25.9 Å². The Morgan fingerprint density at radius 1 is 1.36 bits per heavy atom. The van der Waals surface area contributed by atoms with Crippen LogP contribution in [0.2, 0.25) is 0 Å². The minimum atomic E-state index is 0.152. The van der Waals surface area contributed by atoms with Gasteiger partial charge in [-0.2, -0.15) is 0 Å². The quantitative estimate of drug-likeness (QED) is 0.628. The van der Waals surface area contributed by atoms with E-state index in [1.54, 1.807) is 0 Å². The molecule has 0 aromatic rings. The van der Waals surface area contributed by atoms with Crippen molar-refractivity contribution in [2.45, 2.75) is 37.6 Å². The van der Waals surface area contributed by atoms with Crippen molar-refractivity contribution in [3.8, 4) is 0 Å². The van der Waals surface area contributed by atoms with Gasteiger partial charge in [0.15, 0.2) is 0 Å². The van der Waals surface area contributed by atoms with Crippen LogP contribution in [0.4, 0.5) is 0 Å². The minimum Gasteiger partial charge on any atom is -0.396 e. The summed E-state index contributed by atoms with van der Waals surface area (Å²) in [5.41, 5.74) is 0. The Bertz CT molecular complexity index is 137. The highest BCUT2D eigenvalue weighted by molar-refractivity contribution is 4.84. The molecule has 0 aromatic heterocycles. The van der Waals surface area contributed by atoms with Crippen LogP contribution >= 0.6 is 0 Å². The van der Waals surface area contributed by atoms with Gasteiger partial charge in [-0.05, 0) is 19.3 Å². The van der Waals surface area contributed by atoms with Crippen LogP contribution in [0.25, 0.3) is 0 Å². The van der Waals surface area contributed by atoms with Crippen molar-refractivity contribution < 1.29 is 14.6 Å². The van der Waals surface area contributed by atoms with Crippen LogP contribution in [0.3, 0.4) is 0 Å². The second-order valence-electron chi connectivity index (χ2n) is 3.26. The van der Waals surface area contributed by atoms with Crippen LogP contribution in [0.5, 0.6) is 0 Å². The number of rotatable bonds is 2. The molecule has 0 saturated carbocycles. The third-order valence-electron chi connectivity index (χ3n) is 2.46. The molecule has 2 fully saturated rings. The molecule has 0 spiro atoms. The molecule has 1 N–H and O–H groups in total. The lowest BCUT2D eigenvalue weighted by Gasteiger charge is -2.29. The van der Waals surface area contributed by atoms with Crippen molar-refractivity contribution in [2.75, 3.05) is 13.2 Å². The molecular weight excluding hydrogens is 144 g/mol. The molecule has 0 aliphatic carbocycles. The van der Waals surface area contributed by atoms with Gasteiger partial charge in [-0.15, -0.1) is 0 Å². The van der Waals surface area contributed by atoms with E-state index in [0.29, 0.717) is 6.10 Å². The van der Waals surface area contributed by atoms with Gasteiger partial charge in [0, 0.05) is 6.61 Å². The standard InChI is InChI=1S/C8H14O3/c9-4-3-7-8-2-1-6(11-8)5-10-7/h6-9H,1-5H2. The van der Waals surface area contributed by atoms with Gasteiger partial charge in [-0.25, -0.2) is 0 Å². The highest BCUT2D eigenvalue weighted by Crippen LogP contribution is 2.30. The maximum absolute atomic E-state index is 8.71. The summed E-state index contributed by atoms with van der Waals surface area (Å²) in [6, 6.07) is 0. The highest BCUT2D eigenvalue weighted by atomic mass is 16.6. The highest BCUT2D eigenvalue weighted by Gasteiger charge is 2.36. The van der Waals surface area contributed by atoms with Crippen molar-refractivity contribution >= 4 is 0 Å². The molecule has 2 rings (SSSR count). The fraction of sp³-hybridized carbons (Fsp3) is 1.00. The first-order chi connectivity index (χ1) is 5.40. The van der Waals surface area contributed by atoms with E-state index >= 15 is 0 Å². The monoisotopic (exact) mass is 158 g/mol. The SMILES string of the molecule is OCCC1OCC2CCC1O2. The molecule has 3 unspecified atom stereocenters. The zero-order chi connectivity index (χ0) is 7.68. The predicted octanol–water partition coefficient (Wildman–Crippen LogP) is 0.315. The molecule has 2 heterocycles. The fourth-order valence-electron chi connectivity index (χ4n) is 1.86. The van der Waals surface area contributed by atoms with E-state index in [2.05, 4.69) is 0 Å². The maximum atomic E-state index is 8.71. The lowest BCUT2D eigenvalue weighted by Crippen LogP contribution is -2.37. The number of hydrogen-bond acceptors (Lipinski definition) is 3. The number of hydrogen-bond donors (Lipinski definition) is 1. The van der Waals surface area contributed by atoms with Gasteiger partial charge in [0.05, 0.1) is 24.9 Å². The van der Waals surface area contributed by atoms with Crippen molar-refractivity contribution in [1.82, 2.24) is 0 Å². The van der Waals surface area contributed by atoms with Gasteiger partial charge in [0.25, 0.3) is 0 Å². The molecule has 64 valence electrons. The van der Waals surface area contributed by atoms with Crippen molar-refractivity contribution in [3.05, 3.63) is 0 Å². The third kappa shape index (κ3) is 1.41. The molecular formula is C8H14O3. The average Bonchev–Trinajstić information content (AvgIpc) is 2.40. The predicted molar refractivity (Wildman–Crippen MR) is 39.3 cm³/mol. The molecule has 3 nitrogen and oxygen atoms in total. The van der Waals surface area contributed by atoms with E-state index in [4.69, 9.17) is 14.6 Å². The zero-order valence-electron chi connectivity index (χ0n) is 6.53. The Labute approximate surface area is 66.3 Å². The normalized spacial score (nSPS) is 42.8.